The molecule has 3 rings (SSSR count). The summed E-state index contributed by atoms with van der Waals surface area (Å²) >= 11 is 0. The lowest BCUT2D eigenvalue weighted by Gasteiger charge is -2.00. The molecular weight excluding hydrogens is 284 g/mol. The van der Waals surface area contributed by atoms with Crippen LogP contribution < -0.4 is 17.2 Å². The van der Waals surface area contributed by atoms with Crippen LogP contribution in [0.5, 0.6) is 0 Å². The van der Waals surface area contributed by atoms with Gasteiger partial charge in [-0.15, -0.1) is 0 Å². The standard InChI is InChI=1S/C13H14N8O/c1-5(3-4-7-6(2)17-13(16)22-7)9-8-10(14)18-12(15)19-11(8)21-20-9/h3-4H,1H2,2H3,(H2,16,17)(H5,14,15,18,19,20,21)/b4-3-. The molecule has 3 aromatic rings. The minimum Gasteiger partial charge on any atom is -0.424 e. The molecule has 0 fully saturated rings. The van der Waals surface area contributed by atoms with E-state index in [0.717, 1.165) is 0 Å². The average molecular weight is 298 g/mol. The highest BCUT2D eigenvalue weighted by atomic mass is 16.4. The van der Waals surface area contributed by atoms with E-state index in [9.17, 15) is 0 Å². The Kier molecular flexibility index (Phi) is 3.02. The van der Waals surface area contributed by atoms with Crippen molar-refractivity contribution in [3.63, 3.8) is 0 Å². The second kappa shape index (κ2) is 4.88. The molecule has 22 heavy (non-hydrogen) atoms. The number of oxazole rings is 1. The third kappa shape index (κ3) is 2.24. The predicted octanol–water partition coefficient (Wildman–Crippen LogP) is 1.12. The van der Waals surface area contributed by atoms with Gasteiger partial charge < -0.3 is 21.6 Å². The molecule has 7 N–H and O–H groups in total. The van der Waals surface area contributed by atoms with E-state index in [1.807, 2.05) is 0 Å². The minimum atomic E-state index is 0.0666. The highest BCUT2D eigenvalue weighted by molar-refractivity contribution is 5.97. The van der Waals surface area contributed by atoms with Crippen molar-refractivity contribution in [1.82, 2.24) is 25.1 Å². The quantitative estimate of drug-likeness (QED) is 0.523. The molecule has 0 spiro atoms. The molecule has 0 unspecified atom stereocenters. The van der Waals surface area contributed by atoms with Gasteiger partial charge in [0.1, 0.15) is 5.82 Å². The smallest absolute Gasteiger partial charge is 0.292 e. The summed E-state index contributed by atoms with van der Waals surface area (Å²) in [5, 5.41) is 7.45. The van der Waals surface area contributed by atoms with E-state index in [2.05, 4.69) is 31.7 Å². The van der Waals surface area contributed by atoms with Gasteiger partial charge in [0.2, 0.25) is 5.95 Å². The maximum atomic E-state index is 5.87. The van der Waals surface area contributed by atoms with E-state index < -0.39 is 0 Å². The second-order valence-electron chi connectivity index (χ2n) is 4.62. The first-order chi connectivity index (χ1) is 10.5. The highest BCUT2D eigenvalue weighted by Gasteiger charge is 2.13. The SMILES string of the molecule is C=C(/C=C\c1oc(N)nc1C)c1[nH]nc2nc(N)nc(N)c12. The first-order valence-corrected chi connectivity index (χ1v) is 6.33. The molecule has 0 bridgehead atoms. The van der Waals surface area contributed by atoms with Gasteiger partial charge in [-0.1, -0.05) is 6.58 Å². The normalized spacial score (nSPS) is 11.5. The summed E-state index contributed by atoms with van der Waals surface area (Å²) in [6, 6.07) is 0.114. The number of hydrogen-bond donors (Lipinski definition) is 4. The molecule has 0 aliphatic heterocycles. The van der Waals surface area contributed by atoms with Crippen molar-refractivity contribution in [3.05, 3.63) is 29.8 Å². The van der Waals surface area contributed by atoms with Gasteiger partial charge in [0.05, 0.1) is 16.8 Å². The van der Waals surface area contributed by atoms with Crippen LogP contribution in [0.2, 0.25) is 0 Å². The Morgan fingerprint density at radius 1 is 1.23 bits per heavy atom. The van der Waals surface area contributed by atoms with Crippen LogP contribution in [0.3, 0.4) is 0 Å². The Bertz CT molecular complexity index is 904. The van der Waals surface area contributed by atoms with E-state index in [1.54, 1.807) is 19.1 Å². The summed E-state index contributed by atoms with van der Waals surface area (Å²) in [6.45, 7) is 5.76. The molecule has 9 heteroatoms. The molecule has 9 nitrogen and oxygen atoms in total. The van der Waals surface area contributed by atoms with E-state index in [0.29, 0.717) is 33.8 Å². The number of rotatable bonds is 3. The molecule has 0 radical (unpaired) electrons. The zero-order chi connectivity index (χ0) is 15.9. The molecule has 0 aliphatic rings. The van der Waals surface area contributed by atoms with Crippen molar-refractivity contribution in [2.45, 2.75) is 6.92 Å². The molecule has 0 aromatic carbocycles. The molecule has 0 atom stereocenters. The number of fused-ring (bicyclic) bond motifs is 1. The minimum absolute atomic E-state index is 0.0666. The molecule has 112 valence electrons. The van der Waals surface area contributed by atoms with Gasteiger partial charge in [0.15, 0.2) is 11.4 Å². The number of aromatic amines is 1. The maximum absolute atomic E-state index is 5.87. The van der Waals surface area contributed by atoms with Gasteiger partial charge in [-0.3, -0.25) is 5.10 Å². The summed E-state index contributed by atoms with van der Waals surface area (Å²) in [5.74, 6) is 0.855. The van der Waals surface area contributed by atoms with Crippen molar-refractivity contribution < 1.29 is 4.42 Å². The fourth-order valence-corrected chi connectivity index (χ4v) is 2.05. The second-order valence-corrected chi connectivity index (χ2v) is 4.62. The fraction of sp³-hybridized carbons (Fsp3) is 0.0769. The number of nitrogens with one attached hydrogen (secondary N) is 1. The molecule has 0 amide bonds. The Labute approximate surface area is 124 Å². The summed E-state index contributed by atoms with van der Waals surface area (Å²) in [4.78, 5) is 11.9. The summed E-state index contributed by atoms with van der Waals surface area (Å²) in [5.41, 5.74) is 19.2. The number of hydrogen-bond acceptors (Lipinski definition) is 8. The van der Waals surface area contributed by atoms with Crippen molar-refractivity contribution in [2.75, 3.05) is 17.2 Å². The first kappa shape index (κ1) is 13.6. The van der Waals surface area contributed by atoms with Crippen molar-refractivity contribution in [2.24, 2.45) is 0 Å². The van der Waals surface area contributed by atoms with Crippen molar-refractivity contribution in [1.29, 1.82) is 0 Å². The third-order valence-corrected chi connectivity index (χ3v) is 3.06. The fourth-order valence-electron chi connectivity index (χ4n) is 2.05. The van der Waals surface area contributed by atoms with Crippen LogP contribution in [-0.2, 0) is 0 Å². The van der Waals surface area contributed by atoms with Crippen LogP contribution in [0.1, 0.15) is 17.1 Å². The molecule has 3 aromatic heterocycles. The van der Waals surface area contributed by atoms with Gasteiger partial charge in [-0.25, -0.2) is 0 Å². The van der Waals surface area contributed by atoms with Crippen molar-refractivity contribution >= 4 is 40.5 Å². The van der Waals surface area contributed by atoms with Gasteiger partial charge in [-0.05, 0) is 24.6 Å². The highest BCUT2D eigenvalue weighted by Crippen LogP contribution is 2.26. The van der Waals surface area contributed by atoms with E-state index >= 15 is 0 Å². The third-order valence-electron chi connectivity index (χ3n) is 3.06. The Morgan fingerprint density at radius 3 is 2.68 bits per heavy atom. The summed E-state index contributed by atoms with van der Waals surface area (Å²) < 4.78 is 5.26. The number of nitrogens with two attached hydrogens (primary N) is 3. The lowest BCUT2D eigenvalue weighted by atomic mass is 10.1. The van der Waals surface area contributed by atoms with E-state index in [1.165, 1.54) is 0 Å². The van der Waals surface area contributed by atoms with Crippen LogP contribution in [0.25, 0.3) is 22.7 Å². The first-order valence-electron chi connectivity index (χ1n) is 6.33. The van der Waals surface area contributed by atoms with Gasteiger partial charge in [-0.2, -0.15) is 20.1 Å². The van der Waals surface area contributed by atoms with Crippen LogP contribution in [0.15, 0.2) is 17.1 Å². The molecule has 3 heterocycles. The number of allylic oxidation sites excluding steroid dienone is 2. The number of anilines is 3. The number of nitrogen functional groups attached to an aromatic ring is 3. The van der Waals surface area contributed by atoms with Gasteiger partial charge >= 0.3 is 0 Å². The van der Waals surface area contributed by atoms with Crippen molar-refractivity contribution in [3.8, 4) is 0 Å². The zero-order valence-electron chi connectivity index (χ0n) is 11.8. The van der Waals surface area contributed by atoms with Crippen LogP contribution >= 0.6 is 0 Å². The Balaban J connectivity index is 1.98. The molecule has 0 saturated heterocycles. The monoisotopic (exact) mass is 298 g/mol. The molecular formula is C13H14N8O. The lowest BCUT2D eigenvalue weighted by molar-refractivity contribution is 0.569. The molecule has 0 aliphatic carbocycles. The topological polar surface area (TPSA) is 159 Å². The summed E-state index contributed by atoms with van der Waals surface area (Å²) in [6.07, 6.45) is 3.44. The predicted molar refractivity (Wildman–Crippen MR) is 84.2 cm³/mol. The summed E-state index contributed by atoms with van der Waals surface area (Å²) in [7, 11) is 0. The van der Waals surface area contributed by atoms with E-state index in [-0.39, 0.29) is 17.8 Å². The zero-order valence-corrected chi connectivity index (χ0v) is 11.8. The Morgan fingerprint density at radius 2 is 2.00 bits per heavy atom. The number of H-pyrrole nitrogens is 1. The van der Waals surface area contributed by atoms with Gasteiger partial charge in [0.25, 0.3) is 6.01 Å². The van der Waals surface area contributed by atoms with E-state index in [4.69, 9.17) is 21.6 Å². The van der Waals surface area contributed by atoms with Gasteiger partial charge in [0, 0.05) is 0 Å². The molecule has 0 saturated carbocycles. The largest absolute Gasteiger partial charge is 0.424 e. The average Bonchev–Trinajstić information content (AvgIpc) is 2.99. The van der Waals surface area contributed by atoms with Crippen LogP contribution in [0, 0.1) is 6.92 Å². The number of aromatic nitrogens is 5. The number of aryl methyl sites for hydroxylation is 1. The van der Waals surface area contributed by atoms with Crippen LogP contribution in [0.4, 0.5) is 17.8 Å². The van der Waals surface area contributed by atoms with Crippen LogP contribution in [-0.4, -0.2) is 25.1 Å². The number of nitrogens with zero attached hydrogens (tertiary/aromatic N) is 4. The maximum Gasteiger partial charge on any atom is 0.292 e. The Hall–Kier alpha value is -3.36. The lowest BCUT2D eigenvalue weighted by Crippen LogP contribution is -2.00.